The highest BCUT2D eigenvalue weighted by molar-refractivity contribution is 7.10. The molecule has 0 bridgehead atoms. The Bertz CT molecular complexity index is 498. The van der Waals surface area contributed by atoms with Crippen LogP contribution in [0.2, 0.25) is 0 Å². The standard InChI is InChI=1S/C14H18N2OS/c1-10-12(11(2)17-15-10)9-16-7-3-5-13(16)14-6-4-8-18-14/h4,6,8,13H,3,5,7,9H2,1-2H3/t13-/m0/s1. The van der Waals surface area contributed by atoms with Gasteiger partial charge < -0.3 is 4.52 Å². The van der Waals surface area contributed by atoms with E-state index in [1.165, 1.54) is 29.8 Å². The number of aryl methyl sites for hydroxylation is 2. The molecule has 2 aromatic rings. The van der Waals surface area contributed by atoms with Crippen LogP contribution in [0.4, 0.5) is 0 Å². The number of aromatic nitrogens is 1. The van der Waals surface area contributed by atoms with E-state index in [1.807, 2.05) is 25.2 Å². The lowest BCUT2D eigenvalue weighted by Crippen LogP contribution is -2.22. The van der Waals surface area contributed by atoms with E-state index in [0.29, 0.717) is 6.04 Å². The monoisotopic (exact) mass is 262 g/mol. The summed E-state index contributed by atoms with van der Waals surface area (Å²) < 4.78 is 5.26. The van der Waals surface area contributed by atoms with E-state index in [-0.39, 0.29) is 0 Å². The molecule has 18 heavy (non-hydrogen) atoms. The number of hydrogen-bond acceptors (Lipinski definition) is 4. The van der Waals surface area contributed by atoms with Gasteiger partial charge in [0.05, 0.1) is 5.69 Å². The van der Waals surface area contributed by atoms with Gasteiger partial charge in [0.15, 0.2) is 0 Å². The molecule has 0 spiro atoms. The molecule has 0 amide bonds. The van der Waals surface area contributed by atoms with Crippen LogP contribution in [0, 0.1) is 13.8 Å². The first-order chi connectivity index (χ1) is 8.75. The molecule has 0 aromatic carbocycles. The lowest BCUT2D eigenvalue weighted by molar-refractivity contribution is 0.249. The van der Waals surface area contributed by atoms with Crippen LogP contribution >= 0.6 is 11.3 Å². The van der Waals surface area contributed by atoms with Gasteiger partial charge in [-0.05, 0) is 44.7 Å². The summed E-state index contributed by atoms with van der Waals surface area (Å²) in [6, 6.07) is 4.98. The molecular weight excluding hydrogens is 244 g/mol. The summed E-state index contributed by atoms with van der Waals surface area (Å²) >= 11 is 1.86. The summed E-state index contributed by atoms with van der Waals surface area (Å²) in [4.78, 5) is 4.04. The molecule has 0 aliphatic carbocycles. The molecule has 96 valence electrons. The highest BCUT2D eigenvalue weighted by atomic mass is 32.1. The van der Waals surface area contributed by atoms with Gasteiger partial charge in [-0.1, -0.05) is 11.2 Å². The van der Waals surface area contributed by atoms with E-state index in [1.54, 1.807) is 0 Å². The van der Waals surface area contributed by atoms with Crippen molar-refractivity contribution in [1.29, 1.82) is 0 Å². The molecule has 1 aliphatic rings. The number of hydrogen-bond donors (Lipinski definition) is 0. The Hall–Kier alpha value is -1.13. The molecule has 0 saturated carbocycles. The largest absolute Gasteiger partial charge is 0.361 e. The van der Waals surface area contributed by atoms with Crippen LogP contribution in [0.3, 0.4) is 0 Å². The van der Waals surface area contributed by atoms with Gasteiger partial charge in [0.1, 0.15) is 5.76 Å². The van der Waals surface area contributed by atoms with Gasteiger partial charge in [-0.25, -0.2) is 0 Å². The quantitative estimate of drug-likeness (QED) is 0.844. The maximum absolute atomic E-state index is 5.26. The van der Waals surface area contributed by atoms with Crippen molar-refractivity contribution in [2.24, 2.45) is 0 Å². The predicted molar refractivity (Wildman–Crippen MR) is 72.7 cm³/mol. The van der Waals surface area contributed by atoms with Gasteiger partial charge >= 0.3 is 0 Å². The van der Waals surface area contributed by atoms with Gasteiger partial charge in [0.2, 0.25) is 0 Å². The molecule has 0 unspecified atom stereocenters. The molecule has 1 fully saturated rings. The second-order valence-corrected chi connectivity index (χ2v) is 5.93. The van der Waals surface area contributed by atoms with Crippen molar-refractivity contribution < 1.29 is 4.52 Å². The summed E-state index contributed by atoms with van der Waals surface area (Å²) in [6.45, 7) is 6.17. The Morgan fingerprint density at radius 1 is 1.50 bits per heavy atom. The van der Waals surface area contributed by atoms with Crippen molar-refractivity contribution in [2.45, 2.75) is 39.3 Å². The van der Waals surface area contributed by atoms with Crippen LogP contribution < -0.4 is 0 Å². The topological polar surface area (TPSA) is 29.3 Å². The highest BCUT2D eigenvalue weighted by Crippen LogP contribution is 2.36. The summed E-state index contributed by atoms with van der Waals surface area (Å²) in [5, 5.41) is 6.22. The van der Waals surface area contributed by atoms with Gasteiger partial charge in [-0.3, -0.25) is 4.90 Å². The number of thiophene rings is 1. The molecule has 1 atom stereocenters. The van der Waals surface area contributed by atoms with Crippen molar-refractivity contribution in [3.8, 4) is 0 Å². The Balaban J connectivity index is 1.80. The third-order valence-corrected chi connectivity index (χ3v) is 4.75. The van der Waals surface area contributed by atoms with Crippen molar-refractivity contribution in [3.63, 3.8) is 0 Å². The predicted octanol–water partition coefficient (Wildman–Crippen LogP) is 3.69. The van der Waals surface area contributed by atoms with E-state index in [0.717, 1.165) is 18.0 Å². The van der Waals surface area contributed by atoms with E-state index in [2.05, 4.69) is 27.6 Å². The van der Waals surface area contributed by atoms with E-state index in [4.69, 9.17) is 4.52 Å². The molecule has 3 heterocycles. The van der Waals surface area contributed by atoms with Crippen molar-refractivity contribution in [2.75, 3.05) is 6.54 Å². The molecule has 0 N–H and O–H groups in total. The fraction of sp³-hybridized carbons (Fsp3) is 0.500. The maximum atomic E-state index is 5.26. The molecule has 1 saturated heterocycles. The average Bonchev–Trinajstić information content (AvgIpc) is 3.06. The zero-order valence-corrected chi connectivity index (χ0v) is 11.7. The zero-order chi connectivity index (χ0) is 12.5. The zero-order valence-electron chi connectivity index (χ0n) is 10.8. The third kappa shape index (κ3) is 2.10. The van der Waals surface area contributed by atoms with Crippen LogP contribution in [0.15, 0.2) is 22.0 Å². The summed E-state index contributed by atoms with van der Waals surface area (Å²) in [5.74, 6) is 0.962. The first kappa shape index (κ1) is 11.9. The lowest BCUT2D eigenvalue weighted by atomic mass is 10.1. The van der Waals surface area contributed by atoms with Gasteiger partial charge in [-0.2, -0.15) is 0 Å². The highest BCUT2D eigenvalue weighted by Gasteiger charge is 2.28. The fourth-order valence-electron chi connectivity index (χ4n) is 2.75. The maximum Gasteiger partial charge on any atom is 0.138 e. The summed E-state index contributed by atoms with van der Waals surface area (Å²) in [7, 11) is 0. The minimum atomic E-state index is 0.582. The van der Waals surface area contributed by atoms with Crippen molar-refractivity contribution >= 4 is 11.3 Å². The van der Waals surface area contributed by atoms with Crippen molar-refractivity contribution in [1.82, 2.24) is 10.1 Å². The van der Waals surface area contributed by atoms with E-state index >= 15 is 0 Å². The second kappa shape index (κ2) is 4.86. The van der Waals surface area contributed by atoms with Crippen LogP contribution in [0.25, 0.3) is 0 Å². The molecule has 3 rings (SSSR count). The minimum Gasteiger partial charge on any atom is -0.361 e. The number of rotatable bonds is 3. The molecule has 3 nitrogen and oxygen atoms in total. The SMILES string of the molecule is Cc1noc(C)c1CN1CCC[C@H]1c1cccs1. The van der Waals surface area contributed by atoms with Gasteiger partial charge in [0.25, 0.3) is 0 Å². The Morgan fingerprint density at radius 3 is 3.06 bits per heavy atom. The lowest BCUT2D eigenvalue weighted by Gasteiger charge is -2.23. The van der Waals surface area contributed by atoms with Crippen molar-refractivity contribution in [3.05, 3.63) is 39.4 Å². The fourth-order valence-corrected chi connectivity index (χ4v) is 3.64. The smallest absolute Gasteiger partial charge is 0.138 e. The molecule has 1 aliphatic heterocycles. The first-order valence-electron chi connectivity index (χ1n) is 6.45. The average molecular weight is 262 g/mol. The third-order valence-electron chi connectivity index (χ3n) is 3.78. The van der Waals surface area contributed by atoms with Gasteiger partial charge in [0, 0.05) is 23.0 Å². The van der Waals surface area contributed by atoms with Crippen LogP contribution in [0.1, 0.15) is 40.8 Å². The Labute approximate surface area is 111 Å². The Morgan fingerprint density at radius 2 is 2.39 bits per heavy atom. The Kier molecular flexibility index (Phi) is 3.22. The van der Waals surface area contributed by atoms with E-state index < -0.39 is 0 Å². The van der Waals surface area contributed by atoms with Crippen LogP contribution in [0.5, 0.6) is 0 Å². The second-order valence-electron chi connectivity index (χ2n) is 4.95. The molecule has 2 aromatic heterocycles. The number of nitrogens with zero attached hydrogens (tertiary/aromatic N) is 2. The minimum absolute atomic E-state index is 0.582. The number of likely N-dealkylation sites (tertiary alicyclic amines) is 1. The molecular formula is C14H18N2OS. The molecule has 0 radical (unpaired) electrons. The normalized spacial score (nSPS) is 20.7. The summed E-state index contributed by atoms with van der Waals surface area (Å²) in [6.07, 6.45) is 2.55. The first-order valence-corrected chi connectivity index (χ1v) is 7.33. The van der Waals surface area contributed by atoms with Crippen LogP contribution in [-0.2, 0) is 6.54 Å². The van der Waals surface area contributed by atoms with Gasteiger partial charge in [-0.15, -0.1) is 11.3 Å². The van der Waals surface area contributed by atoms with Crippen LogP contribution in [-0.4, -0.2) is 16.6 Å². The van der Waals surface area contributed by atoms with E-state index in [9.17, 15) is 0 Å². The molecule has 4 heteroatoms. The summed E-state index contributed by atoms with van der Waals surface area (Å²) in [5.41, 5.74) is 2.29.